The van der Waals surface area contributed by atoms with Gasteiger partial charge in [0.2, 0.25) is 10.0 Å². The lowest BCUT2D eigenvalue weighted by molar-refractivity contribution is 0.0706. The molecule has 8 heteroatoms. The zero-order valence-electron chi connectivity index (χ0n) is 13.6. The minimum absolute atomic E-state index is 0.177. The van der Waals surface area contributed by atoms with E-state index in [9.17, 15) is 13.2 Å². The van der Waals surface area contributed by atoms with Crippen molar-refractivity contribution in [3.8, 4) is 5.75 Å². The second-order valence-electron chi connectivity index (χ2n) is 5.69. The van der Waals surface area contributed by atoms with Crippen LogP contribution in [0.3, 0.4) is 0 Å². The van der Waals surface area contributed by atoms with Gasteiger partial charge in [0.25, 0.3) is 5.91 Å². The molecule has 0 aromatic heterocycles. The second kappa shape index (κ2) is 6.83. The second-order valence-corrected chi connectivity index (χ2v) is 7.63. The lowest BCUT2D eigenvalue weighted by Crippen LogP contribution is -2.36. The molecule has 0 saturated carbocycles. The van der Waals surface area contributed by atoms with Crippen molar-refractivity contribution in [2.24, 2.45) is 0 Å². The highest BCUT2D eigenvalue weighted by Gasteiger charge is 2.28. The number of hydrogen-bond acceptors (Lipinski definition) is 5. The first kappa shape index (κ1) is 17.4. The number of carbonyl (C=O) groups excluding carboxylic acids is 1. The van der Waals surface area contributed by atoms with Crippen LogP contribution >= 0.6 is 0 Å². The largest absolute Gasteiger partial charge is 0.497 e. The van der Waals surface area contributed by atoms with Crippen molar-refractivity contribution in [3.63, 3.8) is 0 Å². The Morgan fingerprint density at radius 3 is 2.52 bits per heavy atom. The smallest absolute Gasteiger partial charge is 0.274 e. The molecule has 0 radical (unpaired) electrons. The molecule has 132 valence electrons. The molecule has 2 N–H and O–H groups in total. The highest BCUT2D eigenvalue weighted by molar-refractivity contribution is 7.89. The molecule has 0 fully saturated rings. The van der Waals surface area contributed by atoms with Crippen LogP contribution in [0.5, 0.6) is 5.75 Å². The van der Waals surface area contributed by atoms with E-state index in [0.717, 1.165) is 11.1 Å². The van der Waals surface area contributed by atoms with E-state index in [1.807, 2.05) is 0 Å². The van der Waals surface area contributed by atoms with Gasteiger partial charge in [0.05, 0.1) is 12.0 Å². The first-order valence-electron chi connectivity index (χ1n) is 7.66. The van der Waals surface area contributed by atoms with Gasteiger partial charge in [-0.3, -0.25) is 10.0 Å². The molecule has 2 aromatic rings. The average molecular weight is 362 g/mol. The third-order valence-corrected chi connectivity index (χ3v) is 6.10. The predicted molar refractivity (Wildman–Crippen MR) is 90.0 cm³/mol. The van der Waals surface area contributed by atoms with Gasteiger partial charge < -0.3 is 4.74 Å². The Kier molecular flexibility index (Phi) is 4.76. The molecule has 0 spiro atoms. The van der Waals surface area contributed by atoms with Gasteiger partial charge in [0.1, 0.15) is 5.75 Å². The topological polar surface area (TPSA) is 95.9 Å². The molecule has 1 heterocycles. The van der Waals surface area contributed by atoms with Gasteiger partial charge in [-0.25, -0.2) is 13.9 Å². The van der Waals surface area contributed by atoms with Crippen molar-refractivity contribution in [1.82, 2.24) is 9.79 Å². The molecule has 25 heavy (non-hydrogen) atoms. The monoisotopic (exact) mass is 362 g/mol. The number of rotatable bonds is 4. The Hall–Kier alpha value is -2.42. The lowest BCUT2D eigenvalue weighted by atomic mass is 9.98. The fourth-order valence-corrected chi connectivity index (χ4v) is 4.26. The van der Waals surface area contributed by atoms with Crippen molar-refractivity contribution >= 4 is 15.9 Å². The molecular formula is C17H18N2O5S. The van der Waals surface area contributed by atoms with Gasteiger partial charge >= 0.3 is 0 Å². The van der Waals surface area contributed by atoms with Crippen molar-refractivity contribution in [2.75, 3.05) is 13.7 Å². The number of sulfonamides is 1. The Labute approximate surface area is 145 Å². The normalized spacial score (nSPS) is 14.6. The Balaban J connectivity index is 1.88. The molecule has 0 aliphatic carbocycles. The summed E-state index contributed by atoms with van der Waals surface area (Å²) >= 11 is 0. The van der Waals surface area contributed by atoms with Gasteiger partial charge in [-0.15, -0.1) is 0 Å². The Bertz CT molecular complexity index is 894. The van der Waals surface area contributed by atoms with E-state index in [1.165, 1.54) is 23.5 Å². The minimum Gasteiger partial charge on any atom is -0.497 e. The average Bonchev–Trinajstić information content (AvgIpc) is 2.66. The molecule has 1 aliphatic rings. The van der Waals surface area contributed by atoms with Crippen molar-refractivity contribution in [2.45, 2.75) is 17.9 Å². The van der Waals surface area contributed by atoms with Gasteiger partial charge in [-0.2, -0.15) is 4.31 Å². The van der Waals surface area contributed by atoms with E-state index in [2.05, 4.69) is 0 Å². The summed E-state index contributed by atoms with van der Waals surface area (Å²) < 4.78 is 32.1. The van der Waals surface area contributed by atoms with Crippen molar-refractivity contribution < 1.29 is 23.2 Å². The SMILES string of the molecule is COc1ccc(S(=O)(=O)N2CCc3ccc(C(=O)NO)cc3C2)cc1. The Morgan fingerprint density at radius 1 is 1.16 bits per heavy atom. The van der Waals surface area contributed by atoms with Crippen LogP contribution in [0.4, 0.5) is 0 Å². The van der Waals surface area contributed by atoms with E-state index < -0.39 is 15.9 Å². The molecule has 7 nitrogen and oxygen atoms in total. The number of benzene rings is 2. The summed E-state index contributed by atoms with van der Waals surface area (Å²) in [4.78, 5) is 11.8. The molecule has 2 aromatic carbocycles. The van der Waals surface area contributed by atoms with E-state index in [0.29, 0.717) is 18.7 Å². The quantitative estimate of drug-likeness (QED) is 0.636. The maximum atomic E-state index is 12.8. The van der Waals surface area contributed by atoms with Gasteiger partial charge in [0.15, 0.2) is 0 Å². The predicted octanol–water partition coefficient (Wildman–Crippen LogP) is 1.56. The summed E-state index contributed by atoms with van der Waals surface area (Å²) in [6, 6.07) is 11.2. The number of hydrogen-bond donors (Lipinski definition) is 2. The number of nitrogens with one attached hydrogen (secondary N) is 1. The van der Waals surface area contributed by atoms with E-state index in [1.54, 1.807) is 35.8 Å². The molecular weight excluding hydrogens is 344 g/mol. The zero-order chi connectivity index (χ0) is 18.0. The maximum absolute atomic E-state index is 12.8. The summed E-state index contributed by atoms with van der Waals surface area (Å²) in [7, 11) is -2.12. The number of hydroxylamine groups is 1. The number of fused-ring (bicyclic) bond motifs is 1. The maximum Gasteiger partial charge on any atom is 0.274 e. The summed E-state index contributed by atoms with van der Waals surface area (Å²) in [6.07, 6.45) is 0.561. The van der Waals surface area contributed by atoms with Crippen molar-refractivity contribution in [1.29, 1.82) is 0 Å². The van der Waals surface area contributed by atoms with Crippen LogP contribution in [0, 0.1) is 0 Å². The molecule has 0 bridgehead atoms. The van der Waals surface area contributed by atoms with Crippen molar-refractivity contribution in [3.05, 3.63) is 59.2 Å². The number of methoxy groups -OCH3 is 1. The van der Waals surface area contributed by atoms with E-state index >= 15 is 0 Å². The third-order valence-electron chi connectivity index (χ3n) is 4.24. The fraction of sp³-hybridized carbons (Fsp3) is 0.235. The number of ether oxygens (including phenoxy) is 1. The van der Waals surface area contributed by atoms with Gasteiger partial charge in [-0.05, 0) is 53.9 Å². The van der Waals surface area contributed by atoms with Crippen LogP contribution in [0.25, 0.3) is 0 Å². The highest BCUT2D eigenvalue weighted by Crippen LogP contribution is 2.26. The van der Waals surface area contributed by atoms with E-state index in [-0.39, 0.29) is 17.0 Å². The molecule has 0 atom stereocenters. The number of nitrogens with zero attached hydrogens (tertiary/aromatic N) is 1. The van der Waals surface area contributed by atoms with Gasteiger partial charge in [-0.1, -0.05) is 6.07 Å². The zero-order valence-corrected chi connectivity index (χ0v) is 14.4. The van der Waals surface area contributed by atoms with Crippen LogP contribution in [-0.2, 0) is 23.0 Å². The third kappa shape index (κ3) is 3.37. The van der Waals surface area contributed by atoms with Gasteiger partial charge in [0, 0.05) is 18.7 Å². The fourth-order valence-electron chi connectivity index (χ4n) is 2.84. The summed E-state index contributed by atoms with van der Waals surface area (Å²) in [5.74, 6) is -0.0412. The van der Waals surface area contributed by atoms with Crippen LogP contribution < -0.4 is 10.2 Å². The summed E-state index contributed by atoms with van der Waals surface area (Å²) in [6.45, 7) is 0.545. The van der Waals surface area contributed by atoms with E-state index in [4.69, 9.17) is 9.94 Å². The number of carbonyl (C=O) groups is 1. The first-order chi connectivity index (χ1) is 12.0. The lowest BCUT2D eigenvalue weighted by Gasteiger charge is -2.28. The summed E-state index contributed by atoms with van der Waals surface area (Å²) in [5.41, 5.74) is 3.62. The number of amides is 1. The van der Waals surface area contributed by atoms with Crippen LogP contribution in [0.2, 0.25) is 0 Å². The molecule has 0 saturated heterocycles. The molecule has 1 aliphatic heterocycles. The van der Waals surface area contributed by atoms with Crippen LogP contribution in [-0.4, -0.2) is 37.5 Å². The highest BCUT2D eigenvalue weighted by atomic mass is 32.2. The minimum atomic E-state index is -3.64. The summed E-state index contributed by atoms with van der Waals surface area (Å²) in [5, 5.41) is 8.75. The standard InChI is InChI=1S/C17H18N2O5S/c1-24-15-4-6-16(7-5-15)25(22,23)19-9-8-12-2-3-13(17(20)18-21)10-14(12)11-19/h2-7,10,21H,8-9,11H2,1H3,(H,18,20). The molecule has 1 amide bonds. The molecule has 3 rings (SSSR count). The molecule has 0 unspecified atom stereocenters. The Morgan fingerprint density at radius 2 is 1.88 bits per heavy atom. The van der Waals surface area contributed by atoms with Crippen LogP contribution in [0.15, 0.2) is 47.4 Å². The first-order valence-corrected chi connectivity index (χ1v) is 9.10. The van der Waals surface area contributed by atoms with Crippen LogP contribution in [0.1, 0.15) is 21.5 Å².